The molecule has 3 nitrogen and oxygen atoms in total. The van der Waals surface area contributed by atoms with Gasteiger partial charge in [-0.2, -0.15) is 0 Å². The minimum atomic E-state index is -1.67. The van der Waals surface area contributed by atoms with Crippen molar-refractivity contribution in [3.63, 3.8) is 0 Å². The first-order valence-corrected chi connectivity index (χ1v) is 20.0. The van der Waals surface area contributed by atoms with Crippen molar-refractivity contribution >= 4 is 35.2 Å². The predicted molar refractivity (Wildman–Crippen MR) is 205 cm³/mol. The summed E-state index contributed by atoms with van der Waals surface area (Å²) < 4.78 is 31.6. The summed E-state index contributed by atoms with van der Waals surface area (Å²) in [6.45, 7) is 14.3. The monoisotopic (exact) mass is 840 g/mol. The summed E-state index contributed by atoms with van der Waals surface area (Å²) in [4.78, 5) is 9.10. The molecule has 3 heterocycles. The van der Waals surface area contributed by atoms with Crippen molar-refractivity contribution in [3.8, 4) is 33.6 Å². The van der Waals surface area contributed by atoms with E-state index in [-0.39, 0.29) is 26.0 Å². The number of furan rings is 1. The third-order valence-corrected chi connectivity index (χ3v) is 10.3. The Morgan fingerprint density at radius 2 is 1.55 bits per heavy atom. The molecule has 0 saturated carbocycles. The minimum Gasteiger partial charge on any atom is -0.500 e. The Morgan fingerprint density at radius 1 is 0.796 bits per heavy atom. The van der Waals surface area contributed by atoms with Gasteiger partial charge in [0.25, 0.3) is 0 Å². The van der Waals surface area contributed by atoms with Gasteiger partial charge < -0.3 is 14.4 Å². The number of aromatic nitrogens is 2. The maximum atomic E-state index is 8.55. The number of benzene rings is 4. The van der Waals surface area contributed by atoms with Gasteiger partial charge in [-0.15, -0.1) is 59.7 Å². The maximum Gasteiger partial charge on any atom is 0.128 e. The van der Waals surface area contributed by atoms with Gasteiger partial charge in [-0.05, 0) is 46.4 Å². The Labute approximate surface area is 310 Å². The van der Waals surface area contributed by atoms with Crippen LogP contribution < -0.4 is 5.19 Å². The van der Waals surface area contributed by atoms with Gasteiger partial charge in [0.15, 0.2) is 0 Å². The van der Waals surface area contributed by atoms with Gasteiger partial charge in [0.2, 0.25) is 0 Å². The van der Waals surface area contributed by atoms with Gasteiger partial charge in [-0.3, -0.25) is 0 Å². The molecule has 3 aromatic heterocycles. The Bertz CT molecular complexity index is 2290. The van der Waals surface area contributed by atoms with E-state index in [1.165, 1.54) is 0 Å². The standard InChI is InChI=1S/C26H20NO.C18H24NSi.Ir/c1-17(2)19-13-14-27-24(16-19)20-11-12-25-23(15-20)22-10-6-9-21(26(22)28-25)18-7-4-3-5-8-18;1-14(2)11-16-12-17(15-9-7-6-8-10-15)19-13-18(16)20(3,4)5;/h3-10,12-17H,1-2H3;6-9,12-14H,11H2,1-5H3;/q2*-1;/i17D;11D2;. The molecule has 0 N–H and O–H groups in total. The van der Waals surface area contributed by atoms with Crippen molar-refractivity contribution in [3.05, 3.63) is 139 Å². The molecule has 0 atom stereocenters. The van der Waals surface area contributed by atoms with Gasteiger partial charge in [0.1, 0.15) is 5.58 Å². The number of hydrogen-bond donors (Lipinski definition) is 0. The van der Waals surface area contributed by atoms with Crippen LogP contribution in [0.1, 0.15) is 48.8 Å². The van der Waals surface area contributed by atoms with E-state index < -0.39 is 20.3 Å². The van der Waals surface area contributed by atoms with Crippen LogP contribution in [-0.4, -0.2) is 18.0 Å². The molecule has 7 aromatic rings. The summed E-state index contributed by atoms with van der Waals surface area (Å²) in [6.07, 6.45) is 2.29. The summed E-state index contributed by atoms with van der Waals surface area (Å²) in [5.41, 5.74) is 9.05. The molecule has 0 spiro atoms. The topological polar surface area (TPSA) is 38.9 Å². The van der Waals surface area contributed by atoms with E-state index >= 15 is 0 Å². The second-order valence-corrected chi connectivity index (χ2v) is 18.7. The van der Waals surface area contributed by atoms with E-state index in [0.717, 1.165) is 71.9 Å². The molecule has 4 aromatic carbocycles. The fourth-order valence-electron chi connectivity index (χ4n) is 5.81. The van der Waals surface area contributed by atoms with Crippen LogP contribution in [-0.2, 0) is 26.5 Å². The molecular weight excluding hydrogens is 793 g/mol. The van der Waals surface area contributed by atoms with Crippen molar-refractivity contribution in [1.29, 1.82) is 0 Å². The predicted octanol–water partition coefficient (Wildman–Crippen LogP) is 11.5. The van der Waals surface area contributed by atoms with Crippen molar-refractivity contribution in [1.82, 2.24) is 9.97 Å². The fourth-order valence-corrected chi connectivity index (χ4v) is 7.21. The van der Waals surface area contributed by atoms with Gasteiger partial charge in [0.05, 0.1) is 13.7 Å². The van der Waals surface area contributed by atoms with Gasteiger partial charge in [-0.25, -0.2) is 0 Å². The third-order valence-electron chi connectivity index (χ3n) is 8.27. The number of rotatable bonds is 7. The first-order valence-electron chi connectivity index (χ1n) is 18.0. The number of fused-ring (bicyclic) bond motifs is 3. The summed E-state index contributed by atoms with van der Waals surface area (Å²) in [6, 6.07) is 40.5. The molecule has 49 heavy (non-hydrogen) atoms. The second kappa shape index (κ2) is 15.6. The zero-order chi connectivity index (χ0) is 36.6. The second-order valence-electron chi connectivity index (χ2n) is 13.6. The molecule has 0 aliphatic rings. The van der Waals surface area contributed by atoms with Crippen molar-refractivity contribution < 1.29 is 28.6 Å². The average Bonchev–Trinajstić information content (AvgIpc) is 3.50. The van der Waals surface area contributed by atoms with E-state index in [1.807, 2.05) is 101 Å². The average molecular weight is 840 g/mol. The molecule has 251 valence electrons. The Hall–Kier alpha value is -4.15. The number of para-hydroxylation sites is 1. The Morgan fingerprint density at radius 3 is 2.24 bits per heavy atom. The molecule has 0 aliphatic heterocycles. The van der Waals surface area contributed by atoms with E-state index in [1.54, 1.807) is 6.20 Å². The normalized spacial score (nSPS) is 12.9. The van der Waals surface area contributed by atoms with Crippen LogP contribution >= 0.6 is 0 Å². The Kier molecular flexibility index (Phi) is 10.2. The maximum absolute atomic E-state index is 8.55. The fraction of sp³-hybridized carbons (Fsp3) is 0.227. The largest absolute Gasteiger partial charge is 0.500 e. The van der Waals surface area contributed by atoms with Crippen molar-refractivity contribution in [2.45, 2.75) is 59.6 Å². The molecule has 0 saturated heterocycles. The van der Waals surface area contributed by atoms with Crippen molar-refractivity contribution in [2.75, 3.05) is 0 Å². The molecule has 5 heteroatoms. The zero-order valence-corrected chi connectivity index (χ0v) is 32.6. The molecule has 0 fully saturated rings. The molecule has 1 radical (unpaired) electrons. The van der Waals surface area contributed by atoms with E-state index in [0.29, 0.717) is 0 Å². The first kappa shape index (κ1) is 32.1. The van der Waals surface area contributed by atoms with Gasteiger partial charge in [0, 0.05) is 47.6 Å². The van der Waals surface area contributed by atoms with Crippen LogP contribution in [0.3, 0.4) is 0 Å². The summed E-state index contributed by atoms with van der Waals surface area (Å²) in [5, 5.41) is 3.23. The summed E-state index contributed by atoms with van der Waals surface area (Å²) >= 11 is 0. The van der Waals surface area contributed by atoms with Crippen LogP contribution in [0.2, 0.25) is 19.6 Å². The molecule has 0 bridgehead atoms. The van der Waals surface area contributed by atoms with Gasteiger partial charge in [-0.1, -0.05) is 125 Å². The van der Waals surface area contributed by atoms with E-state index in [2.05, 4.69) is 78.1 Å². The van der Waals surface area contributed by atoms with E-state index in [9.17, 15) is 0 Å². The van der Waals surface area contributed by atoms with Crippen molar-refractivity contribution in [2.24, 2.45) is 5.92 Å². The third kappa shape index (κ3) is 8.36. The quantitative estimate of drug-likeness (QED) is 0.119. The summed E-state index contributed by atoms with van der Waals surface area (Å²) in [7, 11) is -1.67. The van der Waals surface area contributed by atoms with Crippen LogP contribution in [0.5, 0.6) is 0 Å². The SMILES string of the molecule is [2H]C(C)(C)c1ccnc(-c2[c-]cc3oc4c(-c5ccccc5)cccc4c3c2)c1.[2H]C([2H])(c1cc(-c2[c-]cccc2)ncc1[Si](C)(C)C)C(C)C.[Ir]. The molecular formula is C44H44IrN2OSi-2. The van der Waals surface area contributed by atoms with Crippen LogP contribution in [0.25, 0.3) is 55.6 Å². The number of hydrogen-bond acceptors (Lipinski definition) is 3. The number of pyridine rings is 2. The number of nitrogens with zero attached hydrogens (tertiary/aromatic N) is 2. The Balaban J connectivity index is 0.000000205. The molecule has 0 aliphatic carbocycles. The van der Waals surface area contributed by atoms with Crippen LogP contribution in [0.15, 0.2) is 120 Å². The zero-order valence-electron chi connectivity index (χ0n) is 32.2. The molecule has 7 rings (SSSR count). The van der Waals surface area contributed by atoms with Crippen LogP contribution in [0.4, 0.5) is 0 Å². The molecule has 0 unspecified atom stereocenters. The smallest absolute Gasteiger partial charge is 0.128 e. The minimum absolute atomic E-state index is 0. The molecule has 0 amide bonds. The first-order chi connectivity index (χ1) is 24.1. The van der Waals surface area contributed by atoms with Crippen LogP contribution in [0, 0.1) is 18.1 Å². The summed E-state index contributed by atoms with van der Waals surface area (Å²) in [5.74, 6) is -0.757. The van der Waals surface area contributed by atoms with Gasteiger partial charge >= 0.3 is 0 Å². The van der Waals surface area contributed by atoms with E-state index in [4.69, 9.17) is 8.53 Å².